The molecule has 0 amide bonds. The number of hydrogen-bond acceptors (Lipinski definition) is 10. The van der Waals surface area contributed by atoms with Gasteiger partial charge >= 0.3 is 17.9 Å². The van der Waals surface area contributed by atoms with E-state index in [2.05, 4.69) is 22.7 Å². The first-order valence-corrected chi connectivity index (χ1v) is 15.1. The van der Waals surface area contributed by atoms with Crippen LogP contribution in [0.15, 0.2) is 39.2 Å². The van der Waals surface area contributed by atoms with Gasteiger partial charge in [-0.1, -0.05) is 86.5 Å². The van der Waals surface area contributed by atoms with E-state index in [9.17, 15) is 14.4 Å². The molecule has 0 saturated carbocycles. The lowest BCUT2D eigenvalue weighted by Gasteiger charge is -2.43. The summed E-state index contributed by atoms with van der Waals surface area (Å²) in [6, 6.07) is 5.14. The number of esters is 3. The van der Waals surface area contributed by atoms with E-state index >= 15 is 0 Å². The predicted molar refractivity (Wildman–Crippen MR) is 165 cm³/mol. The van der Waals surface area contributed by atoms with Crippen molar-refractivity contribution in [3.05, 3.63) is 64.8 Å². The first-order valence-electron chi connectivity index (χ1n) is 11.5. The van der Waals surface area contributed by atoms with Crippen LogP contribution < -0.4 is 0 Å². The van der Waals surface area contributed by atoms with Crippen LogP contribution in [-0.2, 0) is 33.3 Å². The van der Waals surface area contributed by atoms with Crippen molar-refractivity contribution in [2.45, 2.75) is 60.4 Å². The van der Waals surface area contributed by atoms with Crippen LogP contribution in [0.4, 0.5) is 0 Å². The number of carbonyl (C=O) groups is 3. The molecule has 0 radical (unpaired) electrons. The molecular formula is C24H21Cl6N3O7S2. The molecular weight excluding hydrogens is 719 g/mol. The molecule has 5 atom stereocenters. The molecule has 3 rings (SSSR count). The summed E-state index contributed by atoms with van der Waals surface area (Å²) < 4.78 is 21.7. The molecule has 228 valence electrons. The molecule has 1 heterocycles. The lowest BCUT2D eigenvalue weighted by atomic mass is 9.97. The predicted octanol–water partition coefficient (Wildman–Crippen LogP) is 8.50. The molecule has 1 fully saturated rings. The Kier molecular flexibility index (Phi) is 15.0. The van der Waals surface area contributed by atoms with Crippen LogP contribution in [0.3, 0.4) is 0 Å². The summed E-state index contributed by atoms with van der Waals surface area (Å²) in [5.41, 5.74) is 8.12. The zero-order valence-corrected chi connectivity index (χ0v) is 28.0. The highest BCUT2D eigenvalue weighted by Crippen LogP contribution is 2.41. The number of nitrogens with zero attached hydrogens (tertiary/aromatic N) is 3. The van der Waals surface area contributed by atoms with Gasteiger partial charge in [0.25, 0.3) is 0 Å². The number of hydrogen-bond donors (Lipinski definition) is 1. The van der Waals surface area contributed by atoms with Crippen molar-refractivity contribution in [3.8, 4) is 0 Å². The zero-order valence-electron chi connectivity index (χ0n) is 21.7. The van der Waals surface area contributed by atoms with Crippen molar-refractivity contribution in [2.24, 2.45) is 5.11 Å². The van der Waals surface area contributed by atoms with Gasteiger partial charge in [0.15, 0.2) is 0 Å². The summed E-state index contributed by atoms with van der Waals surface area (Å²) in [5.74, 6) is -1.99. The van der Waals surface area contributed by atoms with Crippen LogP contribution in [0, 0.1) is 0 Å². The largest absolute Gasteiger partial charge is 0.463 e. The number of azide groups is 1. The summed E-state index contributed by atoms with van der Waals surface area (Å²) >= 11 is 40.2. The van der Waals surface area contributed by atoms with Crippen LogP contribution in [-0.4, -0.2) is 54.3 Å². The normalized spacial score (nSPS) is 21.2. The molecule has 2 aromatic carbocycles. The van der Waals surface area contributed by atoms with Crippen molar-refractivity contribution in [2.75, 3.05) is 6.61 Å². The Bertz CT molecular complexity index is 1340. The average Bonchev–Trinajstić information content (AvgIpc) is 2.88. The second-order valence-electron chi connectivity index (χ2n) is 8.23. The van der Waals surface area contributed by atoms with Gasteiger partial charge in [0.2, 0.25) is 0 Å². The van der Waals surface area contributed by atoms with E-state index in [0.717, 1.165) is 25.6 Å². The van der Waals surface area contributed by atoms with E-state index in [0.29, 0.717) is 24.9 Å². The molecule has 2 aromatic rings. The van der Waals surface area contributed by atoms with Gasteiger partial charge in [0.1, 0.15) is 36.4 Å². The molecule has 0 bridgehead atoms. The molecule has 0 aromatic heterocycles. The number of benzene rings is 2. The Labute approximate surface area is 280 Å². The van der Waals surface area contributed by atoms with Crippen LogP contribution in [0.1, 0.15) is 20.8 Å². The second-order valence-corrected chi connectivity index (χ2v) is 12.3. The summed E-state index contributed by atoms with van der Waals surface area (Å²) in [7, 11) is 0. The van der Waals surface area contributed by atoms with Gasteiger partial charge in [-0.25, -0.2) is 0 Å². The monoisotopic (exact) mass is 737 g/mol. The minimum absolute atomic E-state index is 0.161. The Morgan fingerprint density at radius 3 is 1.81 bits per heavy atom. The Hall–Kier alpha value is -1.44. The van der Waals surface area contributed by atoms with Gasteiger partial charge in [-0.05, 0) is 29.8 Å². The number of thiol groups is 1. The molecule has 0 spiro atoms. The summed E-state index contributed by atoms with van der Waals surface area (Å²) in [6.45, 7) is 3.20. The van der Waals surface area contributed by atoms with E-state index in [1.807, 2.05) is 0 Å². The first kappa shape index (κ1) is 36.8. The second kappa shape index (κ2) is 17.2. The fraction of sp³-hybridized carbons (Fsp3) is 0.375. The fourth-order valence-corrected chi connectivity index (χ4v) is 6.37. The summed E-state index contributed by atoms with van der Waals surface area (Å²) in [4.78, 5) is 38.8. The van der Waals surface area contributed by atoms with E-state index in [-0.39, 0.29) is 21.7 Å². The zero-order chi connectivity index (χ0) is 31.7. The third-order valence-corrected chi connectivity index (χ3v) is 8.81. The molecule has 0 unspecified atom stereocenters. The maximum Gasteiger partial charge on any atom is 0.303 e. The van der Waals surface area contributed by atoms with Gasteiger partial charge in [-0.2, -0.15) is 0 Å². The number of rotatable bonds is 7. The molecule has 0 aliphatic carbocycles. The molecule has 18 heteroatoms. The van der Waals surface area contributed by atoms with E-state index < -0.39 is 47.7 Å². The maximum absolute atomic E-state index is 11.8. The standard InChI is InChI=1S/C18H18Cl3N3O7S.C6H3Cl3S/c1-7(25)28-6-13-16(29-8(2)26)15(23-24-22)17(30-9(3)27)18(31-13)32-10-4-11(19)14(21)12(20)5-10;7-4-1-3(10)2-5(8)6(4)9/h4-5,13,15-18H,6H2,1-3H3;1-2,10H/t13-,15+,16+,17-,18-;/m1./s1. The average molecular weight is 740 g/mol. The molecule has 1 aliphatic heterocycles. The Balaban J connectivity index is 0.000000518. The van der Waals surface area contributed by atoms with Crippen LogP contribution >= 0.6 is 94.0 Å². The van der Waals surface area contributed by atoms with Crippen LogP contribution in [0.2, 0.25) is 30.1 Å². The summed E-state index contributed by atoms with van der Waals surface area (Å²) in [6.07, 6.45) is -3.39. The third-order valence-electron chi connectivity index (χ3n) is 5.03. The highest BCUT2D eigenvalue weighted by molar-refractivity contribution is 7.99. The van der Waals surface area contributed by atoms with Crippen LogP contribution in [0.5, 0.6) is 0 Å². The third kappa shape index (κ3) is 10.9. The van der Waals surface area contributed by atoms with E-state index in [1.54, 1.807) is 12.1 Å². The van der Waals surface area contributed by atoms with E-state index in [1.165, 1.54) is 19.1 Å². The van der Waals surface area contributed by atoms with Crippen molar-refractivity contribution in [3.63, 3.8) is 0 Å². The SMILES string of the molecule is CC(=O)OC[C@H]1O[C@H](Sc2cc(Cl)c(Cl)c(Cl)c2)[C@H](OC(C)=O)[C@@H](N=[N+]=[N-])[C@H]1OC(C)=O.Sc1cc(Cl)c(Cl)c(Cl)c1. The van der Waals surface area contributed by atoms with Gasteiger partial charge in [-0.15, -0.1) is 12.6 Å². The fourth-order valence-electron chi connectivity index (χ4n) is 3.45. The topological polar surface area (TPSA) is 137 Å². The van der Waals surface area contributed by atoms with Gasteiger partial charge < -0.3 is 18.9 Å². The number of halogens is 6. The quantitative estimate of drug-likeness (QED) is 0.0568. The first-order chi connectivity index (χ1) is 19.6. The van der Waals surface area contributed by atoms with Gasteiger partial charge in [0, 0.05) is 35.5 Å². The van der Waals surface area contributed by atoms with Crippen molar-refractivity contribution < 1.29 is 33.3 Å². The number of ether oxygens (including phenoxy) is 4. The lowest BCUT2D eigenvalue weighted by molar-refractivity contribution is -0.201. The smallest absolute Gasteiger partial charge is 0.303 e. The van der Waals surface area contributed by atoms with Crippen LogP contribution in [0.25, 0.3) is 10.4 Å². The van der Waals surface area contributed by atoms with Gasteiger partial charge in [-0.3, -0.25) is 14.4 Å². The molecule has 1 saturated heterocycles. The molecule has 10 nitrogen and oxygen atoms in total. The van der Waals surface area contributed by atoms with Gasteiger partial charge in [0.05, 0.1) is 30.1 Å². The van der Waals surface area contributed by atoms with Crippen molar-refractivity contribution in [1.29, 1.82) is 0 Å². The van der Waals surface area contributed by atoms with Crippen molar-refractivity contribution >= 4 is 112 Å². The Morgan fingerprint density at radius 2 is 1.36 bits per heavy atom. The number of thioether (sulfide) groups is 1. The highest BCUT2D eigenvalue weighted by Gasteiger charge is 2.50. The van der Waals surface area contributed by atoms with E-state index in [4.69, 9.17) is 94.1 Å². The highest BCUT2D eigenvalue weighted by atomic mass is 35.5. The molecule has 42 heavy (non-hydrogen) atoms. The lowest BCUT2D eigenvalue weighted by Crippen LogP contribution is -2.59. The Morgan fingerprint density at radius 1 is 0.881 bits per heavy atom. The molecule has 1 aliphatic rings. The number of carbonyl (C=O) groups excluding carboxylic acids is 3. The minimum Gasteiger partial charge on any atom is -0.463 e. The summed E-state index contributed by atoms with van der Waals surface area (Å²) in [5, 5.41) is 5.45. The maximum atomic E-state index is 11.8. The van der Waals surface area contributed by atoms with Crippen molar-refractivity contribution in [1.82, 2.24) is 0 Å². The minimum atomic E-state index is -1.19. The molecule has 0 N–H and O–H groups in total.